The second-order valence-electron chi connectivity index (χ2n) is 6.03. The van der Waals surface area contributed by atoms with Gasteiger partial charge in [0.1, 0.15) is 0 Å². The molecule has 0 bridgehead atoms. The van der Waals surface area contributed by atoms with Crippen molar-refractivity contribution in [2.45, 2.75) is 0 Å². The van der Waals surface area contributed by atoms with E-state index < -0.39 is 0 Å². The van der Waals surface area contributed by atoms with Crippen LogP contribution in [0, 0.1) is 0 Å². The van der Waals surface area contributed by atoms with Gasteiger partial charge in [0.05, 0.1) is 6.54 Å². The Kier molecular flexibility index (Phi) is 5.38. The fourth-order valence-electron chi connectivity index (χ4n) is 2.93. The highest BCUT2D eigenvalue weighted by atomic mass is 35.5. The molecule has 1 aliphatic heterocycles. The van der Waals surface area contributed by atoms with Gasteiger partial charge in [0.2, 0.25) is 5.91 Å². The first kappa shape index (κ1) is 16.8. The average molecular weight is 344 g/mol. The first-order valence-electron chi connectivity index (χ1n) is 8.18. The van der Waals surface area contributed by atoms with Gasteiger partial charge in [0.25, 0.3) is 0 Å². The molecule has 1 amide bonds. The van der Waals surface area contributed by atoms with Crippen LogP contribution in [0.25, 0.3) is 0 Å². The molecule has 0 aromatic heterocycles. The highest BCUT2D eigenvalue weighted by molar-refractivity contribution is 6.30. The van der Waals surface area contributed by atoms with Crippen LogP contribution in [0.2, 0.25) is 5.02 Å². The summed E-state index contributed by atoms with van der Waals surface area (Å²) in [5.41, 5.74) is 2.08. The van der Waals surface area contributed by atoms with Crippen LogP contribution in [0.1, 0.15) is 0 Å². The largest absolute Gasteiger partial charge is 0.369 e. The summed E-state index contributed by atoms with van der Waals surface area (Å²) in [7, 11) is 1.83. The molecule has 5 heteroatoms. The van der Waals surface area contributed by atoms with Crippen LogP contribution in [-0.2, 0) is 4.79 Å². The Bertz CT molecular complexity index is 684. The zero-order valence-electron chi connectivity index (χ0n) is 13.9. The lowest BCUT2D eigenvalue weighted by Gasteiger charge is -2.36. The number of carbonyl (C=O) groups is 1. The molecule has 0 N–H and O–H groups in total. The molecule has 0 saturated carbocycles. The van der Waals surface area contributed by atoms with Crippen molar-refractivity contribution in [3.8, 4) is 0 Å². The van der Waals surface area contributed by atoms with E-state index in [1.807, 2.05) is 55.6 Å². The Balaban J connectivity index is 1.53. The van der Waals surface area contributed by atoms with Crippen LogP contribution in [-0.4, -0.2) is 50.6 Å². The smallest absolute Gasteiger partial charge is 0.240 e. The number of anilines is 2. The van der Waals surface area contributed by atoms with Gasteiger partial charge in [-0.2, -0.15) is 0 Å². The van der Waals surface area contributed by atoms with Gasteiger partial charge >= 0.3 is 0 Å². The van der Waals surface area contributed by atoms with Crippen LogP contribution in [0.4, 0.5) is 11.4 Å². The number of nitrogens with zero attached hydrogens (tertiary/aromatic N) is 3. The number of halogens is 1. The second kappa shape index (κ2) is 7.69. The standard InChI is InChI=1S/C19H22ClN3O/c1-21(17-7-3-2-4-8-17)19(24)15-22-10-12-23(13-11-22)18-9-5-6-16(20)14-18/h2-9,14H,10-13,15H2,1H3. The maximum Gasteiger partial charge on any atom is 0.240 e. The molecule has 2 aromatic carbocycles. The van der Waals surface area contributed by atoms with Crippen molar-refractivity contribution < 1.29 is 4.79 Å². The highest BCUT2D eigenvalue weighted by Gasteiger charge is 2.21. The molecule has 0 unspecified atom stereocenters. The molecule has 0 aliphatic carbocycles. The lowest BCUT2D eigenvalue weighted by molar-refractivity contribution is -0.119. The van der Waals surface area contributed by atoms with Crippen molar-refractivity contribution in [1.29, 1.82) is 0 Å². The van der Waals surface area contributed by atoms with Gasteiger partial charge in [-0.15, -0.1) is 0 Å². The highest BCUT2D eigenvalue weighted by Crippen LogP contribution is 2.21. The predicted octanol–water partition coefficient (Wildman–Crippen LogP) is 3.13. The summed E-state index contributed by atoms with van der Waals surface area (Å²) in [6, 6.07) is 17.7. The van der Waals surface area contributed by atoms with Crippen molar-refractivity contribution in [1.82, 2.24) is 4.90 Å². The van der Waals surface area contributed by atoms with Gasteiger partial charge in [-0.3, -0.25) is 9.69 Å². The van der Waals surface area contributed by atoms with Crippen LogP contribution < -0.4 is 9.80 Å². The topological polar surface area (TPSA) is 26.8 Å². The fourth-order valence-corrected chi connectivity index (χ4v) is 3.11. The SMILES string of the molecule is CN(C(=O)CN1CCN(c2cccc(Cl)c2)CC1)c1ccccc1. The van der Waals surface area contributed by atoms with E-state index in [0.29, 0.717) is 6.54 Å². The number of benzene rings is 2. The van der Waals surface area contributed by atoms with Crippen LogP contribution in [0.5, 0.6) is 0 Å². The van der Waals surface area contributed by atoms with E-state index in [-0.39, 0.29) is 5.91 Å². The molecule has 1 fully saturated rings. The average Bonchev–Trinajstić information content (AvgIpc) is 2.62. The molecule has 3 rings (SSSR count). The minimum Gasteiger partial charge on any atom is -0.369 e. The minimum atomic E-state index is 0.123. The normalized spacial score (nSPS) is 15.3. The maximum absolute atomic E-state index is 12.5. The van der Waals surface area contributed by atoms with Crippen LogP contribution in [0.15, 0.2) is 54.6 Å². The Morgan fingerprint density at radius 1 is 1.04 bits per heavy atom. The molecule has 24 heavy (non-hydrogen) atoms. The van der Waals surface area contributed by atoms with Gasteiger partial charge in [0.15, 0.2) is 0 Å². The monoisotopic (exact) mass is 343 g/mol. The Morgan fingerprint density at radius 3 is 2.42 bits per heavy atom. The van der Waals surface area contributed by atoms with E-state index in [4.69, 9.17) is 11.6 Å². The third kappa shape index (κ3) is 4.08. The molecule has 2 aromatic rings. The molecule has 0 spiro atoms. The molecule has 1 heterocycles. The third-order valence-electron chi connectivity index (χ3n) is 4.42. The van der Waals surface area contributed by atoms with E-state index >= 15 is 0 Å². The number of amides is 1. The van der Waals surface area contributed by atoms with Gasteiger partial charge in [-0.05, 0) is 30.3 Å². The second-order valence-corrected chi connectivity index (χ2v) is 6.47. The van der Waals surface area contributed by atoms with Gasteiger partial charge < -0.3 is 9.80 Å². The van der Waals surface area contributed by atoms with Gasteiger partial charge in [0, 0.05) is 49.6 Å². The molecule has 1 aliphatic rings. The van der Waals surface area contributed by atoms with Crippen LogP contribution in [0.3, 0.4) is 0 Å². The van der Waals surface area contributed by atoms with Crippen molar-refractivity contribution in [2.75, 3.05) is 49.6 Å². The number of carbonyl (C=O) groups excluding carboxylic acids is 1. The lowest BCUT2D eigenvalue weighted by Crippen LogP contribution is -2.49. The van der Waals surface area contributed by atoms with E-state index in [1.54, 1.807) is 4.90 Å². The molecule has 126 valence electrons. The van der Waals surface area contributed by atoms with E-state index in [0.717, 1.165) is 42.6 Å². The van der Waals surface area contributed by atoms with Gasteiger partial charge in [-0.25, -0.2) is 0 Å². The number of hydrogen-bond acceptors (Lipinski definition) is 3. The van der Waals surface area contributed by atoms with E-state index in [9.17, 15) is 4.79 Å². The summed E-state index contributed by atoms with van der Waals surface area (Å²) >= 11 is 6.07. The summed E-state index contributed by atoms with van der Waals surface area (Å²) in [4.78, 5) is 18.7. The van der Waals surface area contributed by atoms with Crippen molar-refractivity contribution in [3.63, 3.8) is 0 Å². The minimum absolute atomic E-state index is 0.123. The Hall–Kier alpha value is -2.04. The molecule has 0 atom stereocenters. The van der Waals surface area contributed by atoms with Crippen molar-refractivity contribution >= 4 is 28.9 Å². The Morgan fingerprint density at radius 2 is 1.75 bits per heavy atom. The van der Waals surface area contributed by atoms with E-state index in [2.05, 4.69) is 15.9 Å². The molecule has 0 radical (unpaired) electrons. The number of likely N-dealkylation sites (N-methyl/N-ethyl adjacent to an activating group) is 1. The summed E-state index contributed by atoms with van der Waals surface area (Å²) < 4.78 is 0. The quantitative estimate of drug-likeness (QED) is 0.853. The zero-order chi connectivity index (χ0) is 16.9. The summed E-state index contributed by atoms with van der Waals surface area (Å²) in [6.45, 7) is 4.02. The third-order valence-corrected chi connectivity index (χ3v) is 4.66. The molecule has 4 nitrogen and oxygen atoms in total. The first-order valence-corrected chi connectivity index (χ1v) is 8.56. The van der Waals surface area contributed by atoms with E-state index in [1.165, 1.54) is 0 Å². The van der Waals surface area contributed by atoms with Crippen LogP contribution >= 0.6 is 11.6 Å². The van der Waals surface area contributed by atoms with Crippen molar-refractivity contribution in [2.24, 2.45) is 0 Å². The molecular formula is C19H22ClN3O. The summed E-state index contributed by atoms with van der Waals surface area (Å²) in [6.07, 6.45) is 0. The summed E-state index contributed by atoms with van der Waals surface area (Å²) in [5, 5.41) is 0.759. The fraction of sp³-hybridized carbons (Fsp3) is 0.316. The number of hydrogen-bond donors (Lipinski definition) is 0. The number of piperazine rings is 1. The number of para-hydroxylation sites is 1. The first-order chi connectivity index (χ1) is 11.6. The lowest BCUT2D eigenvalue weighted by atomic mass is 10.2. The predicted molar refractivity (Wildman–Crippen MR) is 100.0 cm³/mol. The van der Waals surface area contributed by atoms with Crippen molar-refractivity contribution in [3.05, 3.63) is 59.6 Å². The molecule has 1 saturated heterocycles. The zero-order valence-corrected chi connectivity index (χ0v) is 14.6. The molecular weight excluding hydrogens is 322 g/mol. The number of rotatable bonds is 4. The van der Waals surface area contributed by atoms with Gasteiger partial charge in [-0.1, -0.05) is 35.9 Å². The summed E-state index contributed by atoms with van der Waals surface area (Å²) in [5.74, 6) is 0.123. The Labute approximate surface area is 148 Å². The maximum atomic E-state index is 12.5.